The van der Waals surface area contributed by atoms with Crippen molar-refractivity contribution in [2.24, 2.45) is 11.8 Å². The molecule has 5 heteroatoms. The Morgan fingerprint density at radius 3 is 2.48 bits per heavy atom. The first-order valence-electron chi connectivity index (χ1n) is 9.19. The van der Waals surface area contributed by atoms with Gasteiger partial charge in [0, 0.05) is 24.3 Å². The first-order chi connectivity index (χ1) is 12.0. The molecule has 0 radical (unpaired) electrons. The molecule has 2 unspecified atom stereocenters. The van der Waals surface area contributed by atoms with Crippen molar-refractivity contribution in [2.45, 2.75) is 39.5 Å². The lowest BCUT2D eigenvalue weighted by atomic mass is 9.91. The molecule has 2 aromatic rings. The van der Waals surface area contributed by atoms with Gasteiger partial charge in [-0.3, -0.25) is 4.79 Å². The van der Waals surface area contributed by atoms with Crippen molar-refractivity contribution in [1.29, 1.82) is 0 Å². The summed E-state index contributed by atoms with van der Waals surface area (Å²) in [6.07, 6.45) is 4.03. The van der Waals surface area contributed by atoms with Crippen molar-refractivity contribution in [3.05, 3.63) is 47.0 Å². The van der Waals surface area contributed by atoms with Gasteiger partial charge < -0.3 is 4.90 Å². The molecule has 1 aromatic carbocycles. The van der Waals surface area contributed by atoms with Gasteiger partial charge in [0.2, 0.25) is 0 Å². The first kappa shape index (κ1) is 16.3. The molecular weight excluding hydrogens is 317 g/mol. The number of benzene rings is 1. The van der Waals surface area contributed by atoms with E-state index in [1.54, 1.807) is 12.1 Å². The highest BCUT2D eigenvalue weighted by molar-refractivity contribution is 5.94. The van der Waals surface area contributed by atoms with Crippen LogP contribution in [0, 0.1) is 17.7 Å². The van der Waals surface area contributed by atoms with Crippen LogP contribution in [0.5, 0.6) is 0 Å². The van der Waals surface area contributed by atoms with E-state index >= 15 is 0 Å². The lowest BCUT2D eigenvalue weighted by Crippen LogP contribution is -2.43. The topological polar surface area (TPSA) is 38.1 Å². The van der Waals surface area contributed by atoms with Crippen molar-refractivity contribution < 1.29 is 9.18 Å². The Hall–Kier alpha value is -2.17. The Bertz CT molecular complexity index is 786. The summed E-state index contributed by atoms with van der Waals surface area (Å²) in [5, 5.41) is 4.66. The van der Waals surface area contributed by atoms with E-state index in [1.165, 1.54) is 18.6 Å². The molecule has 2 aliphatic rings. The van der Waals surface area contributed by atoms with E-state index in [9.17, 15) is 9.18 Å². The largest absolute Gasteiger partial charge is 0.337 e. The predicted octanol–water partition coefficient (Wildman–Crippen LogP) is 3.62. The molecule has 1 fully saturated rings. The molecule has 132 valence electrons. The van der Waals surface area contributed by atoms with E-state index in [-0.39, 0.29) is 11.7 Å². The fourth-order valence-electron chi connectivity index (χ4n) is 4.38. The minimum Gasteiger partial charge on any atom is -0.337 e. The van der Waals surface area contributed by atoms with Gasteiger partial charge in [-0.1, -0.05) is 13.8 Å². The predicted molar refractivity (Wildman–Crippen MR) is 94.4 cm³/mol. The van der Waals surface area contributed by atoms with E-state index in [0.717, 1.165) is 49.3 Å². The molecule has 1 saturated heterocycles. The number of aromatic nitrogens is 2. The Balaban J connectivity index is 1.70. The fraction of sp³-hybridized carbons (Fsp3) is 0.500. The second kappa shape index (κ2) is 6.28. The number of hydrogen-bond donors (Lipinski definition) is 0. The Labute approximate surface area is 147 Å². The number of fused-ring (bicyclic) bond motifs is 1. The lowest BCUT2D eigenvalue weighted by molar-refractivity contribution is 0.0615. The van der Waals surface area contributed by atoms with Crippen LogP contribution in [0.15, 0.2) is 24.3 Å². The number of rotatable bonds is 2. The van der Waals surface area contributed by atoms with E-state index in [2.05, 4.69) is 18.9 Å². The smallest absolute Gasteiger partial charge is 0.274 e. The van der Waals surface area contributed by atoms with Crippen molar-refractivity contribution in [2.75, 3.05) is 13.1 Å². The van der Waals surface area contributed by atoms with Crippen LogP contribution < -0.4 is 0 Å². The van der Waals surface area contributed by atoms with Crippen LogP contribution in [0.4, 0.5) is 4.39 Å². The molecule has 0 spiro atoms. The number of hydrogen-bond acceptors (Lipinski definition) is 2. The average Bonchev–Trinajstić information content (AvgIpc) is 3.16. The van der Waals surface area contributed by atoms with Crippen molar-refractivity contribution in [1.82, 2.24) is 14.7 Å². The van der Waals surface area contributed by atoms with Gasteiger partial charge in [-0.15, -0.1) is 0 Å². The summed E-state index contributed by atoms with van der Waals surface area (Å²) in [6.45, 7) is 6.03. The number of halogens is 1. The zero-order valence-electron chi connectivity index (χ0n) is 14.8. The Morgan fingerprint density at radius 1 is 1.12 bits per heavy atom. The maximum Gasteiger partial charge on any atom is 0.274 e. The van der Waals surface area contributed by atoms with Crippen LogP contribution in [0.3, 0.4) is 0 Å². The summed E-state index contributed by atoms with van der Waals surface area (Å²) < 4.78 is 15.1. The van der Waals surface area contributed by atoms with Crippen LogP contribution in [-0.2, 0) is 12.8 Å². The van der Waals surface area contributed by atoms with Gasteiger partial charge in [0.1, 0.15) is 5.82 Å². The standard InChI is InChI=1S/C20H24FN3O/c1-13-10-14(2)12-23(11-13)20(25)19-17-4-3-5-18(17)24(22-19)16-8-6-15(21)7-9-16/h6-9,13-14H,3-5,10-12H2,1-2H3. The van der Waals surface area contributed by atoms with Gasteiger partial charge in [0.15, 0.2) is 5.69 Å². The average molecular weight is 341 g/mol. The van der Waals surface area contributed by atoms with E-state index in [1.807, 2.05) is 9.58 Å². The maximum absolute atomic E-state index is 13.2. The third-order valence-electron chi connectivity index (χ3n) is 5.36. The van der Waals surface area contributed by atoms with Crippen LogP contribution in [0.1, 0.15) is 48.4 Å². The molecule has 2 heterocycles. The molecule has 1 aromatic heterocycles. The number of carbonyl (C=O) groups excluding carboxylic acids is 1. The second-order valence-electron chi connectivity index (χ2n) is 7.67. The van der Waals surface area contributed by atoms with E-state index in [0.29, 0.717) is 17.5 Å². The third kappa shape index (κ3) is 2.96. The highest BCUT2D eigenvalue weighted by Crippen LogP contribution is 2.30. The van der Waals surface area contributed by atoms with Gasteiger partial charge >= 0.3 is 0 Å². The maximum atomic E-state index is 13.2. The minimum atomic E-state index is -0.264. The highest BCUT2D eigenvalue weighted by atomic mass is 19.1. The van der Waals surface area contributed by atoms with Gasteiger partial charge in [-0.05, 0) is 61.8 Å². The molecule has 4 rings (SSSR count). The first-order valence-corrected chi connectivity index (χ1v) is 9.19. The fourth-order valence-corrected chi connectivity index (χ4v) is 4.38. The second-order valence-corrected chi connectivity index (χ2v) is 7.67. The third-order valence-corrected chi connectivity index (χ3v) is 5.36. The molecule has 4 nitrogen and oxygen atoms in total. The summed E-state index contributed by atoms with van der Waals surface area (Å²) in [5.41, 5.74) is 3.60. The molecular formula is C20H24FN3O. The van der Waals surface area contributed by atoms with Crippen molar-refractivity contribution >= 4 is 5.91 Å². The van der Waals surface area contributed by atoms with Crippen LogP contribution in [0.2, 0.25) is 0 Å². The van der Waals surface area contributed by atoms with Gasteiger partial charge in [-0.25, -0.2) is 9.07 Å². The van der Waals surface area contributed by atoms with Gasteiger partial charge in [0.25, 0.3) is 5.91 Å². The molecule has 0 bridgehead atoms. The highest BCUT2D eigenvalue weighted by Gasteiger charge is 2.32. The van der Waals surface area contributed by atoms with Gasteiger partial charge in [-0.2, -0.15) is 5.10 Å². The van der Waals surface area contributed by atoms with Crippen molar-refractivity contribution in [3.63, 3.8) is 0 Å². The van der Waals surface area contributed by atoms with Crippen molar-refractivity contribution in [3.8, 4) is 5.69 Å². The van der Waals surface area contributed by atoms with Crippen LogP contribution in [0.25, 0.3) is 5.69 Å². The molecule has 1 aliphatic heterocycles. The zero-order chi connectivity index (χ0) is 17.6. The summed E-state index contributed by atoms with van der Waals surface area (Å²) in [6, 6.07) is 6.32. The molecule has 2 atom stereocenters. The quantitative estimate of drug-likeness (QED) is 0.837. The molecule has 1 aliphatic carbocycles. The zero-order valence-corrected chi connectivity index (χ0v) is 14.8. The lowest BCUT2D eigenvalue weighted by Gasteiger charge is -2.34. The number of amides is 1. The molecule has 1 amide bonds. The number of likely N-dealkylation sites (tertiary alicyclic amines) is 1. The monoisotopic (exact) mass is 341 g/mol. The van der Waals surface area contributed by atoms with E-state index < -0.39 is 0 Å². The SMILES string of the molecule is CC1CC(C)CN(C(=O)c2nn(-c3ccc(F)cc3)c3c2CCC3)C1. The Kier molecular flexibility index (Phi) is 4.10. The molecule has 25 heavy (non-hydrogen) atoms. The molecule has 0 saturated carbocycles. The summed E-state index contributed by atoms with van der Waals surface area (Å²) >= 11 is 0. The summed E-state index contributed by atoms with van der Waals surface area (Å²) in [4.78, 5) is 15.1. The number of carbonyl (C=O) groups is 1. The minimum absolute atomic E-state index is 0.0532. The Morgan fingerprint density at radius 2 is 1.80 bits per heavy atom. The number of nitrogens with zero attached hydrogens (tertiary/aromatic N) is 3. The van der Waals surface area contributed by atoms with Gasteiger partial charge in [0.05, 0.1) is 5.69 Å². The summed E-state index contributed by atoms with van der Waals surface area (Å²) in [7, 11) is 0. The van der Waals surface area contributed by atoms with Crippen LogP contribution in [-0.4, -0.2) is 33.7 Å². The number of piperidine rings is 1. The molecule has 0 N–H and O–H groups in total. The normalized spacial score (nSPS) is 22.9. The van der Waals surface area contributed by atoms with E-state index in [4.69, 9.17) is 0 Å². The van der Waals surface area contributed by atoms with Crippen LogP contribution >= 0.6 is 0 Å². The summed E-state index contributed by atoms with van der Waals surface area (Å²) in [5.74, 6) is 0.845.